The lowest BCUT2D eigenvalue weighted by atomic mass is 9.97. The van der Waals surface area contributed by atoms with Crippen LogP contribution in [-0.2, 0) is 14.8 Å². The lowest BCUT2D eigenvalue weighted by Crippen LogP contribution is -2.38. The van der Waals surface area contributed by atoms with Crippen LogP contribution in [0.1, 0.15) is 50.5 Å². The third kappa shape index (κ3) is 6.88. The highest BCUT2D eigenvalue weighted by Crippen LogP contribution is 2.24. The van der Waals surface area contributed by atoms with Crippen molar-refractivity contribution in [2.75, 3.05) is 18.4 Å². The summed E-state index contributed by atoms with van der Waals surface area (Å²) in [7, 11) is -2.21. The second-order valence-corrected chi connectivity index (χ2v) is 9.84. The van der Waals surface area contributed by atoms with Crippen LogP contribution in [0.5, 0.6) is 11.5 Å². The molecule has 1 aliphatic carbocycles. The van der Waals surface area contributed by atoms with E-state index >= 15 is 0 Å². The molecule has 0 aromatic heterocycles. The van der Waals surface area contributed by atoms with Gasteiger partial charge in [0.2, 0.25) is 0 Å². The van der Waals surface area contributed by atoms with Gasteiger partial charge in [-0.3, -0.25) is 9.52 Å². The number of aryl methyl sites for hydroxylation is 1. The van der Waals surface area contributed by atoms with E-state index in [1.807, 2.05) is 0 Å². The van der Waals surface area contributed by atoms with Crippen molar-refractivity contribution in [1.29, 1.82) is 0 Å². The van der Waals surface area contributed by atoms with E-state index in [-0.39, 0.29) is 23.5 Å². The van der Waals surface area contributed by atoms with Gasteiger partial charge in [-0.1, -0.05) is 32.1 Å². The number of carbonyl (C=O) groups excluding carboxylic acids is 1. The van der Waals surface area contributed by atoms with E-state index in [0.29, 0.717) is 22.7 Å². The number of carbonyl (C=O) groups is 1. The van der Waals surface area contributed by atoms with Gasteiger partial charge >= 0.3 is 0 Å². The number of rotatable bonds is 8. The molecular weight excluding hydrogens is 428 g/mol. The van der Waals surface area contributed by atoms with Crippen molar-refractivity contribution in [3.05, 3.63) is 48.0 Å². The minimum Gasteiger partial charge on any atom is -0.497 e. The summed E-state index contributed by atoms with van der Waals surface area (Å²) in [6, 6.07) is 11.4. The van der Waals surface area contributed by atoms with Gasteiger partial charge in [0.1, 0.15) is 11.5 Å². The number of hydrogen-bond acceptors (Lipinski definition) is 5. The van der Waals surface area contributed by atoms with Crippen molar-refractivity contribution in [3.63, 3.8) is 0 Å². The minimum atomic E-state index is -3.75. The first-order valence-corrected chi connectivity index (χ1v) is 12.6. The summed E-state index contributed by atoms with van der Waals surface area (Å²) in [4.78, 5) is 12.4. The highest BCUT2D eigenvalue weighted by Gasteiger charge is 2.17. The predicted molar refractivity (Wildman–Crippen MR) is 125 cm³/mol. The molecule has 0 aliphatic heterocycles. The molecule has 7 nitrogen and oxygen atoms in total. The van der Waals surface area contributed by atoms with E-state index < -0.39 is 10.0 Å². The molecule has 3 rings (SSSR count). The number of hydrogen-bond donors (Lipinski definition) is 2. The van der Waals surface area contributed by atoms with Crippen molar-refractivity contribution in [1.82, 2.24) is 5.32 Å². The third-order valence-electron chi connectivity index (χ3n) is 5.63. The Bertz CT molecular complexity index is 998. The van der Waals surface area contributed by atoms with Crippen LogP contribution in [0.15, 0.2) is 47.4 Å². The maximum atomic E-state index is 12.7. The van der Waals surface area contributed by atoms with E-state index in [0.717, 1.165) is 25.7 Å². The molecule has 174 valence electrons. The maximum absolute atomic E-state index is 12.7. The molecule has 0 saturated heterocycles. The van der Waals surface area contributed by atoms with Gasteiger partial charge < -0.3 is 14.8 Å². The Morgan fingerprint density at radius 2 is 1.66 bits per heavy atom. The van der Waals surface area contributed by atoms with E-state index in [1.165, 1.54) is 31.4 Å². The first-order chi connectivity index (χ1) is 15.4. The number of ether oxygens (including phenoxy) is 2. The SMILES string of the molecule is COc1ccc(NS(=O)(=O)c2ccc(OCC(=O)NC3CCCCCCC3)c(C)c2)cc1. The Balaban J connectivity index is 1.57. The highest BCUT2D eigenvalue weighted by atomic mass is 32.2. The summed E-state index contributed by atoms with van der Waals surface area (Å²) in [5.41, 5.74) is 1.08. The van der Waals surface area contributed by atoms with Gasteiger partial charge in [0.15, 0.2) is 6.61 Å². The summed E-state index contributed by atoms with van der Waals surface area (Å²) < 4.78 is 38.7. The number of nitrogens with one attached hydrogen (secondary N) is 2. The fraction of sp³-hybridized carbons (Fsp3) is 0.458. The lowest BCUT2D eigenvalue weighted by Gasteiger charge is -2.21. The van der Waals surface area contributed by atoms with E-state index in [4.69, 9.17) is 9.47 Å². The van der Waals surface area contributed by atoms with Crippen molar-refractivity contribution >= 4 is 21.6 Å². The molecule has 32 heavy (non-hydrogen) atoms. The summed E-state index contributed by atoms with van der Waals surface area (Å²) in [6.45, 7) is 1.67. The third-order valence-corrected chi connectivity index (χ3v) is 7.01. The zero-order valence-corrected chi connectivity index (χ0v) is 19.5. The standard InChI is InChI=1S/C24H32N2O5S/c1-18-16-22(32(28,29)26-20-10-12-21(30-2)13-11-20)14-15-23(18)31-17-24(27)25-19-8-6-4-3-5-7-9-19/h10-16,19,26H,3-9,17H2,1-2H3,(H,25,27). The molecule has 1 fully saturated rings. The molecule has 1 saturated carbocycles. The molecule has 2 N–H and O–H groups in total. The number of amides is 1. The Labute approximate surface area is 190 Å². The van der Waals surface area contributed by atoms with Crippen molar-refractivity contribution < 1.29 is 22.7 Å². The zero-order chi connectivity index (χ0) is 23.0. The van der Waals surface area contributed by atoms with E-state index in [9.17, 15) is 13.2 Å². The van der Waals surface area contributed by atoms with Gasteiger partial charge in [-0.15, -0.1) is 0 Å². The fourth-order valence-corrected chi connectivity index (χ4v) is 4.98. The molecule has 2 aromatic carbocycles. The van der Waals surface area contributed by atoms with Crippen LogP contribution >= 0.6 is 0 Å². The Hall–Kier alpha value is -2.74. The topological polar surface area (TPSA) is 93.7 Å². The van der Waals surface area contributed by atoms with Crippen LogP contribution in [0, 0.1) is 6.92 Å². The van der Waals surface area contributed by atoms with Crippen LogP contribution in [0.25, 0.3) is 0 Å². The van der Waals surface area contributed by atoms with Crippen molar-refractivity contribution in [2.24, 2.45) is 0 Å². The second-order valence-electron chi connectivity index (χ2n) is 8.16. The van der Waals surface area contributed by atoms with Crippen molar-refractivity contribution in [3.8, 4) is 11.5 Å². The molecule has 1 amide bonds. The van der Waals surface area contributed by atoms with Gasteiger partial charge in [0.05, 0.1) is 12.0 Å². The average Bonchev–Trinajstić information content (AvgIpc) is 2.75. The minimum absolute atomic E-state index is 0.0897. The van der Waals surface area contributed by atoms with Gasteiger partial charge in [-0.25, -0.2) is 8.42 Å². The van der Waals surface area contributed by atoms with Crippen LogP contribution < -0.4 is 19.5 Å². The zero-order valence-electron chi connectivity index (χ0n) is 18.7. The summed E-state index contributed by atoms with van der Waals surface area (Å²) >= 11 is 0. The smallest absolute Gasteiger partial charge is 0.261 e. The van der Waals surface area contributed by atoms with Crippen molar-refractivity contribution in [2.45, 2.75) is 62.8 Å². The van der Waals surface area contributed by atoms with E-state index in [1.54, 1.807) is 44.4 Å². The molecule has 0 heterocycles. The molecule has 1 aliphatic rings. The highest BCUT2D eigenvalue weighted by molar-refractivity contribution is 7.92. The molecule has 2 aromatic rings. The molecular formula is C24H32N2O5S. The molecule has 0 spiro atoms. The number of sulfonamides is 1. The summed E-state index contributed by atoms with van der Waals surface area (Å²) in [5.74, 6) is 0.984. The first-order valence-electron chi connectivity index (χ1n) is 11.1. The number of benzene rings is 2. The normalized spacial score (nSPS) is 15.3. The van der Waals surface area contributed by atoms with E-state index in [2.05, 4.69) is 10.0 Å². The number of methoxy groups -OCH3 is 1. The summed E-state index contributed by atoms with van der Waals surface area (Å²) in [5, 5.41) is 3.07. The molecule has 0 radical (unpaired) electrons. The Morgan fingerprint density at radius 3 is 2.28 bits per heavy atom. The molecule has 0 atom stereocenters. The Kier molecular flexibility index (Phi) is 8.39. The van der Waals surface area contributed by atoms with Gasteiger partial charge in [-0.2, -0.15) is 0 Å². The monoisotopic (exact) mass is 460 g/mol. The molecule has 8 heteroatoms. The summed E-state index contributed by atoms with van der Waals surface area (Å²) in [6.07, 6.45) is 8.05. The Morgan fingerprint density at radius 1 is 1.00 bits per heavy atom. The first kappa shape index (κ1) is 23.9. The predicted octanol–water partition coefficient (Wildman–Crippen LogP) is 4.41. The van der Waals surface area contributed by atoms with Gasteiger partial charge in [-0.05, 0) is 67.8 Å². The molecule has 0 bridgehead atoms. The van der Waals surface area contributed by atoms with Crippen LogP contribution in [-0.4, -0.2) is 34.1 Å². The molecule has 0 unspecified atom stereocenters. The van der Waals surface area contributed by atoms with Gasteiger partial charge in [0.25, 0.3) is 15.9 Å². The maximum Gasteiger partial charge on any atom is 0.261 e. The largest absolute Gasteiger partial charge is 0.497 e. The fourth-order valence-electron chi connectivity index (χ4n) is 3.84. The van der Waals surface area contributed by atoms with Crippen LogP contribution in [0.4, 0.5) is 5.69 Å². The lowest BCUT2D eigenvalue weighted by molar-refractivity contribution is -0.123. The van der Waals surface area contributed by atoms with Crippen LogP contribution in [0.3, 0.4) is 0 Å². The average molecular weight is 461 g/mol. The number of anilines is 1. The van der Waals surface area contributed by atoms with Gasteiger partial charge in [0, 0.05) is 11.7 Å². The second kappa shape index (κ2) is 11.2. The van der Waals surface area contributed by atoms with Crippen LogP contribution in [0.2, 0.25) is 0 Å². The quantitative estimate of drug-likeness (QED) is 0.609.